The fourth-order valence-corrected chi connectivity index (χ4v) is 3.58. The summed E-state index contributed by atoms with van der Waals surface area (Å²) in [5, 5.41) is 7.94. The van der Waals surface area contributed by atoms with Crippen LogP contribution in [-0.4, -0.2) is 45.8 Å². The summed E-state index contributed by atoms with van der Waals surface area (Å²) in [6.07, 6.45) is 3.61. The van der Waals surface area contributed by atoms with E-state index in [9.17, 15) is 4.79 Å². The van der Waals surface area contributed by atoms with E-state index in [4.69, 9.17) is 4.74 Å². The third kappa shape index (κ3) is 3.73. The fourth-order valence-electron chi connectivity index (χ4n) is 3.58. The van der Waals surface area contributed by atoms with Gasteiger partial charge in [-0.2, -0.15) is 5.10 Å². The van der Waals surface area contributed by atoms with E-state index < -0.39 is 5.60 Å². The molecule has 1 unspecified atom stereocenters. The summed E-state index contributed by atoms with van der Waals surface area (Å²) >= 11 is 0. The first-order valence-electron chi connectivity index (χ1n) is 9.65. The van der Waals surface area contributed by atoms with Crippen molar-refractivity contribution in [1.29, 1.82) is 0 Å². The number of hydrogen-bond donors (Lipinski definition) is 1. The Morgan fingerprint density at radius 3 is 2.68 bits per heavy atom. The van der Waals surface area contributed by atoms with E-state index in [1.165, 1.54) is 0 Å². The van der Waals surface area contributed by atoms with Gasteiger partial charge in [-0.1, -0.05) is 36.4 Å². The Bertz CT molecular complexity index is 975. The number of nitrogens with one attached hydrogen (secondary N) is 1. The molecule has 1 fully saturated rings. The van der Waals surface area contributed by atoms with Crippen molar-refractivity contribution in [1.82, 2.24) is 19.8 Å². The van der Waals surface area contributed by atoms with Crippen molar-refractivity contribution in [3.05, 3.63) is 60.4 Å². The molecule has 28 heavy (non-hydrogen) atoms. The number of carbonyl (C=O) groups excluding carboxylic acids is 1. The molecule has 1 saturated heterocycles. The van der Waals surface area contributed by atoms with E-state index in [2.05, 4.69) is 34.7 Å². The van der Waals surface area contributed by atoms with Gasteiger partial charge in [-0.25, -0.2) is 9.31 Å². The van der Waals surface area contributed by atoms with Crippen LogP contribution in [0.3, 0.4) is 0 Å². The third-order valence-corrected chi connectivity index (χ3v) is 4.88. The van der Waals surface area contributed by atoms with Gasteiger partial charge in [0.05, 0.1) is 17.8 Å². The number of hydrogen-bond acceptors (Lipinski definition) is 4. The smallest absolute Gasteiger partial charge is 0.410 e. The predicted octanol–water partition coefficient (Wildman–Crippen LogP) is 3.88. The van der Waals surface area contributed by atoms with Crippen molar-refractivity contribution in [2.24, 2.45) is 0 Å². The van der Waals surface area contributed by atoms with Gasteiger partial charge in [-0.05, 0) is 32.4 Å². The lowest BCUT2D eigenvalue weighted by atomic mass is 10.0. The predicted molar refractivity (Wildman–Crippen MR) is 109 cm³/mol. The largest absolute Gasteiger partial charge is 0.444 e. The molecule has 0 spiro atoms. The molecule has 2 aromatic heterocycles. The van der Waals surface area contributed by atoms with Crippen molar-refractivity contribution in [3.8, 4) is 11.1 Å². The van der Waals surface area contributed by atoms with Crippen LogP contribution in [0.1, 0.15) is 32.4 Å². The summed E-state index contributed by atoms with van der Waals surface area (Å²) in [7, 11) is 0. The number of rotatable bonds is 2. The molecule has 0 bridgehead atoms. The van der Waals surface area contributed by atoms with Gasteiger partial charge in [-0.15, -0.1) is 0 Å². The zero-order valence-corrected chi connectivity index (χ0v) is 16.6. The quantitative estimate of drug-likeness (QED) is 0.735. The van der Waals surface area contributed by atoms with E-state index in [1.54, 1.807) is 0 Å². The molecule has 1 aromatic carbocycles. The molecule has 0 radical (unpaired) electrons. The molecule has 0 saturated carbocycles. The maximum atomic E-state index is 12.7. The number of nitrogens with zero attached hydrogens (tertiary/aromatic N) is 3. The standard InChI is InChI=1S/C22H26N4O2/c1-22(2,3)28-21(27)25-12-11-23-14-20(25)18-13-24-26-15-17(9-10-19(18)26)16-7-5-4-6-8-16/h4-10,13,15,20,23H,11-12,14H2,1-3H3. The van der Waals surface area contributed by atoms with Gasteiger partial charge in [0.1, 0.15) is 5.60 Å². The Hall–Kier alpha value is -2.86. The van der Waals surface area contributed by atoms with Gasteiger partial charge >= 0.3 is 6.09 Å². The lowest BCUT2D eigenvalue weighted by Crippen LogP contribution is -2.50. The van der Waals surface area contributed by atoms with Crippen molar-refractivity contribution >= 4 is 11.6 Å². The lowest BCUT2D eigenvalue weighted by Gasteiger charge is -2.36. The molecule has 1 N–H and O–H groups in total. The first kappa shape index (κ1) is 18.5. The molecule has 1 amide bonds. The highest BCUT2D eigenvalue weighted by Gasteiger charge is 2.33. The Balaban J connectivity index is 1.66. The van der Waals surface area contributed by atoms with E-state index in [0.717, 1.165) is 28.8 Å². The zero-order chi connectivity index (χ0) is 19.7. The van der Waals surface area contributed by atoms with Gasteiger partial charge in [0.25, 0.3) is 0 Å². The van der Waals surface area contributed by atoms with Gasteiger partial charge in [0.15, 0.2) is 0 Å². The minimum Gasteiger partial charge on any atom is -0.444 e. The minimum absolute atomic E-state index is 0.108. The molecular formula is C22H26N4O2. The first-order valence-corrected chi connectivity index (χ1v) is 9.65. The van der Waals surface area contributed by atoms with Crippen molar-refractivity contribution < 1.29 is 9.53 Å². The van der Waals surface area contributed by atoms with Crippen LogP contribution in [0.15, 0.2) is 54.9 Å². The Labute approximate surface area is 165 Å². The summed E-state index contributed by atoms with van der Waals surface area (Å²) < 4.78 is 7.51. The molecule has 6 heteroatoms. The van der Waals surface area contributed by atoms with Gasteiger partial charge in [0.2, 0.25) is 0 Å². The Morgan fingerprint density at radius 1 is 1.14 bits per heavy atom. The Morgan fingerprint density at radius 2 is 1.93 bits per heavy atom. The number of amides is 1. The van der Waals surface area contributed by atoms with Crippen molar-refractivity contribution in [2.75, 3.05) is 19.6 Å². The number of carbonyl (C=O) groups is 1. The van der Waals surface area contributed by atoms with Crippen LogP contribution in [0.5, 0.6) is 0 Å². The molecule has 146 valence electrons. The van der Waals surface area contributed by atoms with Crippen LogP contribution in [0.4, 0.5) is 4.79 Å². The van der Waals surface area contributed by atoms with Crippen LogP contribution in [0.25, 0.3) is 16.6 Å². The van der Waals surface area contributed by atoms with Crippen LogP contribution in [0, 0.1) is 0 Å². The molecule has 0 aliphatic carbocycles. The highest BCUT2D eigenvalue weighted by molar-refractivity contribution is 5.71. The maximum absolute atomic E-state index is 12.7. The maximum Gasteiger partial charge on any atom is 0.410 e. The number of fused-ring (bicyclic) bond motifs is 1. The van der Waals surface area contributed by atoms with E-state index in [0.29, 0.717) is 13.1 Å². The molecule has 6 nitrogen and oxygen atoms in total. The molecule has 4 rings (SSSR count). The second-order valence-corrected chi connectivity index (χ2v) is 8.11. The molecule has 1 atom stereocenters. The normalized spacial score (nSPS) is 17.7. The van der Waals surface area contributed by atoms with E-state index >= 15 is 0 Å². The fraction of sp³-hybridized carbons (Fsp3) is 0.364. The Kier molecular flexibility index (Phi) is 4.81. The van der Waals surface area contributed by atoms with Crippen molar-refractivity contribution in [3.63, 3.8) is 0 Å². The molecule has 1 aliphatic rings. The van der Waals surface area contributed by atoms with Gasteiger partial charge in [0, 0.05) is 37.0 Å². The second kappa shape index (κ2) is 7.28. The highest BCUT2D eigenvalue weighted by atomic mass is 16.6. The molecule has 1 aliphatic heterocycles. The monoisotopic (exact) mass is 378 g/mol. The van der Waals surface area contributed by atoms with Crippen LogP contribution in [-0.2, 0) is 4.74 Å². The lowest BCUT2D eigenvalue weighted by molar-refractivity contribution is 0.0119. The highest BCUT2D eigenvalue weighted by Crippen LogP contribution is 2.29. The first-order chi connectivity index (χ1) is 13.4. The van der Waals surface area contributed by atoms with Crippen LogP contribution in [0.2, 0.25) is 0 Å². The van der Waals surface area contributed by atoms with Gasteiger partial charge < -0.3 is 10.1 Å². The topological polar surface area (TPSA) is 58.9 Å². The number of ether oxygens (including phenoxy) is 1. The SMILES string of the molecule is CC(C)(C)OC(=O)N1CCNCC1c1cnn2cc(-c3ccccc3)ccc12. The summed E-state index contributed by atoms with van der Waals surface area (Å²) in [6, 6.07) is 14.3. The minimum atomic E-state index is -0.516. The zero-order valence-electron chi connectivity index (χ0n) is 16.6. The molecule has 3 heterocycles. The summed E-state index contributed by atoms with van der Waals surface area (Å²) in [5.41, 5.74) is 3.77. The summed E-state index contributed by atoms with van der Waals surface area (Å²) in [5.74, 6) is 0. The van der Waals surface area contributed by atoms with E-state index in [-0.39, 0.29) is 12.1 Å². The van der Waals surface area contributed by atoms with Crippen molar-refractivity contribution in [2.45, 2.75) is 32.4 Å². The average Bonchev–Trinajstić information content (AvgIpc) is 3.10. The van der Waals surface area contributed by atoms with Gasteiger partial charge in [-0.3, -0.25) is 4.90 Å². The number of benzene rings is 1. The number of piperazine rings is 1. The van der Waals surface area contributed by atoms with Crippen LogP contribution >= 0.6 is 0 Å². The number of pyridine rings is 1. The summed E-state index contributed by atoms with van der Waals surface area (Å²) in [4.78, 5) is 14.6. The molecule has 3 aromatic rings. The van der Waals surface area contributed by atoms with E-state index in [1.807, 2.05) is 60.8 Å². The second-order valence-electron chi connectivity index (χ2n) is 8.11. The number of aromatic nitrogens is 2. The van der Waals surface area contributed by atoms with Crippen LogP contribution < -0.4 is 5.32 Å². The molecular weight excluding hydrogens is 352 g/mol. The average molecular weight is 378 g/mol. The summed E-state index contributed by atoms with van der Waals surface area (Å²) in [6.45, 7) is 7.72. The third-order valence-electron chi connectivity index (χ3n) is 4.88.